The van der Waals surface area contributed by atoms with Gasteiger partial charge in [-0.1, -0.05) is 0 Å². The molecule has 115 heteroatoms. The van der Waals surface area contributed by atoms with Crippen LogP contribution in [0.4, 0.5) is 144 Å². The first kappa shape index (κ1) is 370. The van der Waals surface area contributed by atoms with Crippen molar-refractivity contribution in [2.75, 3.05) is 0 Å². The SMILES string of the molecule is O=C(O)O.O=C(O)O.O=C(O)O.O=C(O)O.O=C(O)O.O=C([O-])O.O=C([O-])O.O=C([O-])O.O=C([O-])O.O=C([O-])O.O=C([O-])O.O=C([O-])O.O=C([O-])O.O=C([O-])O.O=C([O-])O.O=C([O-])O.O=C([O-])O.O=C([O-])O.O=C([O-])O.O=C([O-])O.O=C([O-])O.O=C([O-])O.O=C([O-])O.O=C([O-])O.O=C([O-])O.O=C([O-])O.O=C([O-])O.O=C([O-])O.O=C([O-])O.O=C([O-])O.[Na+].[Na+].[Na+].[Na+].[Na+].[Na+].[Na+].[Na+].[Na+].[Na+].[Na+].[Na+].[Na+].[Na+].[Na+].[Na+].[Na+].[Na+].[Na+].[Na+].[Na+].[Na+].[Na+].[Na+].[Na+]. The van der Waals surface area contributed by atoms with Gasteiger partial charge < -0.3 is 426 Å². The molecule has 0 saturated carbocycles. The first-order chi connectivity index (χ1) is 52.0. The summed E-state index contributed by atoms with van der Waals surface area (Å²) in [7, 11) is 0. The van der Waals surface area contributed by atoms with Crippen LogP contribution in [0.3, 0.4) is 0 Å². The fourth-order valence-electron chi connectivity index (χ4n) is 0. The summed E-state index contributed by atoms with van der Waals surface area (Å²) in [6.07, 6.45) is -61.3. The van der Waals surface area contributed by atoms with Crippen molar-refractivity contribution in [3.8, 4) is 0 Å². The fraction of sp³-hybridized carbons (Fsp3) is 0. The van der Waals surface area contributed by atoms with Gasteiger partial charge in [0.25, 0.3) is 0 Å². The Balaban J connectivity index is -0.0000000108. The Bertz CT molecular complexity index is 1770. The van der Waals surface area contributed by atoms with Crippen LogP contribution in [0.25, 0.3) is 0 Å². The summed E-state index contributed by atoms with van der Waals surface area (Å²) in [4.78, 5) is 254. The third-order valence-corrected chi connectivity index (χ3v) is 0. The molecule has 0 fully saturated rings. The quantitative estimate of drug-likeness (QED) is 0.100. The van der Waals surface area contributed by atoms with Crippen LogP contribution in [-0.4, -0.2) is 363 Å². The van der Waals surface area contributed by atoms with E-state index in [9.17, 15) is 0 Å². The predicted molar refractivity (Wildman–Crippen MR) is 254 cm³/mol. The number of hydrogen-bond acceptors (Lipinski definition) is 55. The van der Waals surface area contributed by atoms with Crippen LogP contribution in [0.2, 0.25) is 0 Å². The Morgan fingerprint density at radius 2 is 0.0690 bits per heavy atom. The summed E-state index contributed by atoms with van der Waals surface area (Å²) in [5.74, 6) is 0. The third kappa shape index (κ3) is 322000. The van der Waals surface area contributed by atoms with E-state index in [0.29, 0.717) is 0 Å². The van der Waals surface area contributed by atoms with Crippen molar-refractivity contribution in [2.24, 2.45) is 0 Å². The van der Waals surface area contributed by atoms with E-state index in [1.165, 1.54) is 0 Å². The van der Waals surface area contributed by atoms with Gasteiger partial charge in [-0.2, -0.15) is 0 Å². The maximum atomic E-state index is 8.56. The van der Waals surface area contributed by atoms with E-state index in [4.69, 9.17) is 450 Å². The molecule has 0 aliphatic heterocycles. The molecule has 0 rings (SSSR count). The van der Waals surface area contributed by atoms with E-state index < -0.39 is 185 Å². The monoisotopic (exact) mass is 2410 g/mol. The van der Waals surface area contributed by atoms with Crippen LogP contribution in [0.1, 0.15) is 0 Å². The minimum Gasteiger partial charge on any atom is -0.565 e. The Morgan fingerprint density at radius 1 is 0.0690 bits per heavy atom. The molecule has 0 heterocycles. The van der Waals surface area contributed by atoms with Gasteiger partial charge in [0.1, 0.15) is 0 Å². The minimum atomic E-state index is -2.08. The second-order valence-electron chi connectivity index (χ2n) is 8.06. The summed E-state index contributed by atoms with van der Waals surface area (Å²) in [6.45, 7) is 0. The minimum absolute atomic E-state index is 0. The van der Waals surface area contributed by atoms with Crippen molar-refractivity contribution in [3.63, 3.8) is 0 Å². The van der Waals surface area contributed by atoms with Gasteiger partial charge in [0.05, 0.1) is 0 Å². The molecule has 0 radical (unpaired) electrons. The average molecular weight is 2410 g/mol. The third-order valence-electron chi connectivity index (χ3n) is 0. The molecular weight excluding hydrogens is 2370 g/mol. The molecule has 0 bridgehead atoms. The van der Waals surface area contributed by atoms with E-state index >= 15 is 0 Å². The van der Waals surface area contributed by atoms with Gasteiger partial charge >= 0.3 is 770 Å². The maximum absolute atomic E-state index is 8.56. The summed E-state index contributed by atoms with van der Waals surface area (Å²) < 4.78 is 0. The van der Waals surface area contributed by atoms with Gasteiger partial charge in [-0.25, -0.2) is 24.0 Å². The van der Waals surface area contributed by atoms with Gasteiger partial charge in [0, 0.05) is 0 Å². The second kappa shape index (κ2) is 362. The molecular formula is C30H35Na25O90. The summed E-state index contributed by atoms with van der Waals surface area (Å²) >= 11 is 0. The van der Waals surface area contributed by atoms with E-state index in [1.54, 1.807) is 0 Å². The molecule has 0 saturated heterocycles. The topological polar surface area (TPSA) is 1800 Å². The molecule has 0 spiro atoms. The van der Waals surface area contributed by atoms with Crippen LogP contribution in [0, 0.1) is 0 Å². The van der Waals surface area contributed by atoms with Crippen molar-refractivity contribution in [1.82, 2.24) is 0 Å². The van der Waals surface area contributed by atoms with Crippen molar-refractivity contribution in [2.45, 2.75) is 0 Å². The predicted octanol–water partition coefficient (Wildman–Crippen LogP) is -102. The van der Waals surface area contributed by atoms with Crippen molar-refractivity contribution < 1.29 is 1190 Å². The molecule has 0 aliphatic carbocycles. The van der Waals surface area contributed by atoms with E-state index in [2.05, 4.69) is 0 Å². The summed E-state index contributed by atoms with van der Waals surface area (Å²) in [5.41, 5.74) is 0. The molecule has 35 N–H and O–H groups in total. The molecule has 0 amide bonds. The molecule has 0 unspecified atom stereocenters. The van der Waals surface area contributed by atoms with Gasteiger partial charge in [-0.05, 0) is 0 Å². The van der Waals surface area contributed by atoms with Crippen LogP contribution >= 0.6 is 0 Å². The zero-order valence-corrected chi connectivity index (χ0v) is 128. The largest absolute Gasteiger partial charge is 1.00 e. The first-order valence-electron chi connectivity index (χ1n) is 19.1. The number of carboxylic acid groups (broad SMARTS) is 60. The zero-order valence-electron chi connectivity index (χ0n) is 78.1. The molecule has 720 valence electrons. The molecule has 0 aromatic carbocycles. The molecule has 0 atom stereocenters. The zero-order chi connectivity index (χ0) is 107. The van der Waals surface area contributed by atoms with Crippen molar-refractivity contribution in [3.05, 3.63) is 0 Å². The molecule has 145 heavy (non-hydrogen) atoms. The Labute approximate surface area is 1350 Å². The van der Waals surface area contributed by atoms with Crippen LogP contribution in [0.5, 0.6) is 0 Å². The smallest absolute Gasteiger partial charge is 0.565 e. The second-order valence-corrected chi connectivity index (χ2v) is 8.06. The average Bonchev–Trinajstić information content (AvgIpc) is 3.29. The maximum Gasteiger partial charge on any atom is 1.00 e. The summed E-state index contributed by atoms with van der Waals surface area (Å²) in [6, 6.07) is 0. The molecule has 90 nitrogen and oxygen atoms in total. The number of hydrogen-bond donors (Lipinski definition) is 35. The van der Waals surface area contributed by atoms with Crippen molar-refractivity contribution in [1.29, 1.82) is 0 Å². The summed E-state index contributed by atoms with van der Waals surface area (Å²) in [5, 5.41) is 452. The van der Waals surface area contributed by atoms with Crippen LogP contribution in [-0.2, 0) is 0 Å². The molecule has 0 aliphatic rings. The van der Waals surface area contributed by atoms with Gasteiger partial charge in [-0.3, -0.25) is 0 Å². The molecule has 0 aromatic rings. The van der Waals surface area contributed by atoms with Gasteiger partial charge in [0.2, 0.25) is 154 Å². The Hall–Kier alpha value is 3.10. The van der Waals surface area contributed by atoms with Gasteiger partial charge in [-0.15, -0.1) is 0 Å². The normalized spacial score (nSPS) is 4.97. The number of rotatable bonds is 0. The van der Waals surface area contributed by atoms with E-state index in [0.717, 1.165) is 0 Å². The van der Waals surface area contributed by atoms with E-state index in [1.807, 2.05) is 0 Å². The number of carbonyl (C=O) groups is 30. The van der Waals surface area contributed by atoms with Gasteiger partial charge in [0.15, 0.2) is 0 Å². The van der Waals surface area contributed by atoms with Crippen LogP contribution in [0.15, 0.2) is 0 Å². The van der Waals surface area contributed by atoms with E-state index in [-0.39, 0.29) is 739 Å². The molecule has 0 aromatic heterocycles. The Kier molecular flexibility index (Phi) is 924. The first-order valence-corrected chi connectivity index (χ1v) is 19.1. The standard InChI is InChI=1S/30CH2O3.25Na/c30*2-1(3)4;;;;;;;;;;;;;;;;;;;;;;;;;/h30*(H2,2,3,4);;;;;;;;;;;;;;;;;;;;;;;;;/q;;;;;;;;;;;;;;;;;;;;;;;;;;;;;;25*+1/p-25. The Morgan fingerprint density at radius 3 is 0.0690 bits per heavy atom. The van der Waals surface area contributed by atoms with Crippen molar-refractivity contribution >= 4 is 185 Å². The fourth-order valence-corrected chi connectivity index (χ4v) is 0. The van der Waals surface area contributed by atoms with Crippen LogP contribution < -0.4 is 867 Å².